The Morgan fingerprint density at radius 1 is 1.43 bits per heavy atom. The Hall–Kier alpha value is -0.820. The standard InChI is InChI=1S/C12H13ClO/c1-9-4-2-3-5-10(9)8-12(6-7-12)11(13)14/h2-5H,6-8H2,1H3. The first-order valence-corrected chi connectivity index (χ1v) is 5.26. The van der Waals surface area contributed by atoms with Crippen molar-refractivity contribution in [3.63, 3.8) is 0 Å². The number of carbonyl (C=O) groups excluding carboxylic acids is 1. The zero-order chi connectivity index (χ0) is 10.2. The fourth-order valence-electron chi connectivity index (χ4n) is 1.77. The normalized spacial score (nSPS) is 17.9. The first-order valence-electron chi connectivity index (χ1n) is 4.88. The molecule has 0 bridgehead atoms. The summed E-state index contributed by atoms with van der Waals surface area (Å²) in [4.78, 5) is 11.2. The van der Waals surface area contributed by atoms with Crippen molar-refractivity contribution in [3.8, 4) is 0 Å². The molecule has 14 heavy (non-hydrogen) atoms. The van der Waals surface area contributed by atoms with Crippen LogP contribution in [0.25, 0.3) is 0 Å². The van der Waals surface area contributed by atoms with E-state index in [0.717, 1.165) is 19.3 Å². The van der Waals surface area contributed by atoms with Gasteiger partial charge in [-0.2, -0.15) is 0 Å². The number of hydrogen-bond acceptors (Lipinski definition) is 1. The lowest BCUT2D eigenvalue weighted by atomic mass is 9.95. The molecule has 1 saturated carbocycles. The van der Waals surface area contributed by atoms with Gasteiger partial charge in [-0.1, -0.05) is 24.3 Å². The Morgan fingerprint density at radius 2 is 2.07 bits per heavy atom. The lowest BCUT2D eigenvalue weighted by molar-refractivity contribution is -0.116. The Morgan fingerprint density at radius 3 is 2.57 bits per heavy atom. The van der Waals surface area contributed by atoms with Gasteiger partial charge in [-0.05, 0) is 48.9 Å². The van der Waals surface area contributed by atoms with Crippen molar-refractivity contribution >= 4 is 16.8 Å². The molecule has 0 aromatic heterocycles. The summed E-state index contributed by atoms with van der Waals surface area (Å²) < 4.78 is 0. The molecule has 0 atom stereocenters. The van der Waals surface area contributed by atoms with Crippen molar-refractivity contribution in [2.24, 2.45) is 5.41 Å². The molecule has 0 unspecified atom stereocenters. The fraction of sp³-hybridized carbons (Fsp3) is 0.417. The monoisotopic (exact) mass is 208 g/mol. The summed E-state index contributed by atoms with van der Waals surface area (Å²) in [6, 6.07) is 8.18. The third kappa shape index (κ3) is 1.69. The average molecular weight is 209 g/mol. The summed E-state index contributed by atoms with van der Waals surface area (Å²) in [7, 11) is 0. The zero-order valence-electron chi connectivity index (χ0n) is 8.22. The smallest absolute Gasteiger partial charge is 0.228 e. The van der Waals surface area contributed by atoms with Gasteiger partial charge in [-0.25, -0.2) is 0 Å². The highest BCUT2D eigenvalue weighted by molar-refractivity contribution is 6.65. The van der Waals surface area contributed by atoms with Gasteiger partial charge in [0.05, 0.1) is 0 Å². The van der Waals surface area contributed by atoms with Gasteiger partial charge in [0.15, 0.2) is 0 Å². The van der Waals surface area contributed by atoms with E-state index in [9.17, 15) is 4.79 Å². The van der Waals surface area contributed by atoms with Crippen LogP contribution in [-0.4, -0.2) is 5.24 Å². The summed E-state index contributed by atoms with van der Waals surface area (Å²) in [5, 5.41) is -0.166. The second-order valence-corrected chi connectivity index (χ2v) is 4.50. The van der Waals surface area contributed by atoms with Crippen LogP contribution >= 0.6 is 11.6 Å². The highest BCUT2D eigenvalue weighted by Crippen LogP contribution is 2.50. The van der Waals surface area contributed by atoms with E-state index in [1.54, 1.807) is 0 Å². The van der Waals surface area contributed by atoms with Gasteiger partial charge in [0, 0.05) is 5.41 Å². The van der Waals surface area contributed by atoms with Crippen molar-refractivity contribution in [1.82, 2.24) is 0 Å². The summed E-state index contributed by atoms with van der Waals surface area (Å²) in [6.45, 7) is 2.07. The number of aryl methyl sites for hydroxylation is 1. The molecule has 74 valence electrons. The Balaban J connectivity index is 2.19. The minimum Gasteiger partial charge on any atom is -0.281 e. The van der Waals surface area contributed by atoms with Gasteiger partial charge in [-0.15, -0.1) is 0 Å². The minimum absolute atomic E-state index is 0.166. The summed E-state index contributed by atoms with van der Waals surface area (Å²) in [5.74, 6) is 0. The van der Waals surface area contributed by atoms with Gasteiger partial charge >= 0.3 is 0 Å². The van der Waals surface area contributed by atoms with E-state index in [1.165, 1.54) is 11.1 Å². The van der Waals surface area contributed by atoms with Gasteiger partial charge in [-0.3, -0.25) is 4.79 Å². The van der Waals surface area contributed by atoms with Crippen LogP contribution in [0.5, 0.6) is 0 Å². The van der Waals surface area contributed by atoms with Crippen molar-refractivity contribution in [3.05, 3.63) is 35.4 Å². The predicted molar refractivity (Wildman–Crippen MR) is 57.4 cm³/mol. The van der Waals surface area contributed by atoms with Crippen LogP contribution < -0.4 is 0 Å². The van der Waals surface area contributed by atoms with E-state index in [1.807, 2.05) is 12.1 Å². The maximum Gasteiger partial charge on any atom is 0.228 e. The van der Waals surface area contributed by atoms with E-state index < -0.39 is 0 Å². The van der Waals surface area contributed by atoms with Crippen LogP contribution in [0.1, 0.15) is 24.0 Å². The van der Waals surface area contributed by atoms with Crippen molar-refractivity contribution in [2.45, 2.75) is 26.2 Å². The van der Waals surface area contributed by atoms with E-state index in [-0.39, 0.29) is 10.7 Å². The lowest BCUT2D eigenvalue weighted by Crippen LogP contribution is -2.13. The third-order valence-corrected chi connectivity index (χ3v) is 3.46. The number of halogens is 1. The molecule has 1 aliphatic carbocycles. The number of carbonyl (C=O) groups is 1. The Bertz CT molecular complexity index is 366. The largest absolute Gasteiger partial charge is 0.281 e. The highest BCUT2D eigenvalue weighted by atomic mass is 35.5. The summed E-state index contributed by atoms with van der Waals surface area (Å²) in [5.41, 5.74) is 2.27. The van der Waals surface area contributed by atoms with Crippen LogP contribution in [0.15, 0.2) is 24.3 Å². The molecule has 0 heterocycles. The van der Waals surface area contributed by atoms with E-state index in [4.69, 9.17) is 11.6 Å². The highest BCUT2D eigenvalue weighted by Gasteiger charge is 2.48. The predicted octanol–water partition coefficient (Wildman–Crippen LogP) is 3.08. The molecule has 0 saturated heterocycles. The zero-order valence-corrected chi connectivity index (χ0v) is 8.97. The number of benzene rings is 1. The van der Waals surface area contributed by atoms with Gasteiger partial charge in [0.25, 0.3) is 0 Å². The molecular weight excluding hydrogens is 196 g/mol. The van der Waals surface area contributed by atoms with E-state index in [2.05, 4.69) is 19.1 Å². The summed E-state index contributed by atoms with van der Waals surface area (Å²) in [6.07, 6.45) is 2.70. The number of hydrogen-bond donors (Lipinski definition) is 0. The second-order valence-electron chi connectivity index (χ2n) is 4.16. The van der Waals surface area contributed by atoms with Crippen LogP contribution in [0.3, 0.4) is 0 Å². The average Bonchev–Trinajstić information content (AvgIpc) is 2.90. The molecule has 1 nitrogen and oxygen atoms in total. The molecule has 0 N–H and O–H groups in total. The maximum atomic E-state index is 11.2. The maximum absolute atomic E-state index is 11.2. The molecule has 2 heteroatoms. The molecule has 0 amide bonds. The Labute approximate surface area is 89.1 Å². The molecule has 2 rings (SSSR count). The molecule has 0 spiro atoms. The number of rotatable bonds is 3. The Kier molecular flexibility index (Phi) is 2.36. The third-order valence-electron chi connectivity index (χ3n) is 3.06. The first-order chi connectivity index (χ1) is 6.64. The molecule has 0 radical (unpaired) electrons. The van der Waals surface area contributed by atoms with Gasteiger partial charge < -0.3 is 0 Å². The fourth-order valence-corrected chi connectivity index (χ4v) is 2.02. The first kappa shape index (κ1) is 9.72. The molecule has 1 aliphatic rings. The molecule has 0 aliphatic heterocycles. The minimum atomic E-state index is -0.229. The topological polar surface area (TPSA) is 17.1 Å². The van der Waals surface area contributed by atoms with Crippen LogP contribution in [-0.2, 0) is 11.2 Å². The van der Waals surface area contributed by atoms with Crippen molar-refractivity contribution in [1.29, 1.82) is 0 Å². The SMILES string of the molecule is Cc1ccccc1CC1(C(=O)Cl)CC1. The molecule has 1 aromatic carbocycles. The summed E-state index contributed by atoms with van der Waals surface area (Å²) >= 11 is 5.60. The molecular formula is C12H13ClO. The van der Waals surface area contributed by atoms with E-state index in [0.29, 0.717) is 0 Å². The van der Waals surface area contributed by atoms with Crippen molar-refractivity contribution < 1.29 is 4.79 Å². The van der Waals surface area contributed by atoms with Crippen LogP contribution in [0, 0.1) is 12.3 Å². The van der Waals surface area contributed by atoms with Gasteiger partial charge in [0.1, 0.15) is 0 Å². The van der Waals surface area contributed by atoms with E-state index >= 15 is 0 Å². The second kappa shape index (κ2) is 3.39. The quantitative estimate of drug-likeness (QED) is 0.698. The van der Waals surface area contributed by atoms with Gasteiger partial charge in [0.2, 0.25) is 5.24 Å². The molecule has 1 aromatic rings. The van der Waals surface area contributed by atoms with Crippen molar-refractivity contribution in [2.75, 3.05) is 0 Å². The van der Waals surface area contributed by atoms with Crippen LogP contribution in [0.4, 0.5) is 0 Å². The lowest BCUT2D eigenvalue weighted by Gasteiger charge is -2.11. The molecule has 1 fully saturated rings. The van der Waals surface area contributed by atoms with Crippen LogP contribution in [0.2, 0.25) is 0 Å².